The molecule has 0 bridgehead atoms. The summed E-state index contributed by atoms with van der Waals surface area (Å²) in [6, 6.07) is 0. The van der Waals surface area contributed by atoms with Crippen molar-refractivity contribution in [2.45, 2.75) is 51.1 Å². The molecule has 1 fully saturated rings. The van der Waals surface area contributed by atoms with Gasteiger partial charge in [-0.3, -0.25) is 5.32 Å². The zero-order valence-corrected chi connectivity index (χ0v) is 12.4. The fourth-order valence-corrected chi connectivity index (χ4v) is 3.34. The van der Waals surface area contributed by atoms with Gasteiger partial charge >= 0.3 is 0 Å². The lowest BCUT2D eigenvalue weighted by molar-refractivity contribution is 0.297. The maximum atomic E-state index is 5.67. The van der Waals surface area contributed by atoms with Gasteiger partial charge in [-0.25, -0.2) is 4.98 Å². The topological polar surface area (TPSA) is 89.9 Å². The predicted molar refractivity (Wildman–Crippen MR) is 77.2 cm³/mol. The number of rotatable bonds is 5. The van der Waals surface area contributed by atoms with Gasteiger partial charge in [0.15, 0.2) is 11.0 Å². The molecule has 1 saturated carbocycles. The highest BCUT2D eigenvalue weighted by molar-refractivity contribution is 7.15. The van der Waals surface area contributed by atoms with Crippen molar-refractivity contribution in [1.82, 2.24) is 20.4 Å². The number of nitrogens with one attached hydrogen (secondary N) is 1. The van der Waals surface area contributed by atoms with Crippen LogP contribution >= 0.6 is 11.3 Å². The van der Waals surface area contributed by atoms with Gasteiger partial charge in [0, 0.05) is 24.0 Å². The Morgan fingerprint density at radius 1 is 1.45 bits per heavy atom. The second-order valence-corrected chi connectivity index (χ2v) is 6.32. The number of aromatic nitrogens is 3. The van der Waals surface area contributed by atoms with E-state index in [1.54, 1.807) is 0 Å². The molecule has 3 N–H and O–H groups in total. The number of hydrogen-bond donors (Lipinski definition) is 2. The molecule has 2 aromatic rings. The number of aryl methyl sites for hydroxylation is 1. The first-order chi connectivity index (χ1) is 9.72. The van der Waals surface area contributed by atoms with E-state index in [1.165, 1.54) is 24.2 Å². The minimum absolute atomic E-state index is 0.157. The fraction of sp³-hybridized carbons (Fsp3) is 0.615. The van der Waals surface area contributed by atoms with Crippen LogP contribution in [0, 0.1) is 0 Å². The van der Waals surface area contributed by atoms with Crippen LogP contribution < -0.4 is 11.1 Å². The molecule has 0 atom stereocenters. The Morgan fingerprint density at radius 3 is 2.85 bits per heavy atom. The van der Waals surface area contributed by atoms with E-state index < -0.39 is 0 Å². The molecular formula is C13H19N5OS. The summed E-state index contributed by atoms with van der Waals surface area (Å²) in [6.07, 6.45) is 7.06. The van der Waals surface area contributed by atoms with Gasteiger partial charge in [0.25, 0.3) is 0 Å². The number of hydrogen-bond acceptors (Lipinski definition) is 7. The minimum Gasteiger partial charge on any atom is -0.375 e. The monoisotopic (exact) mass is 293 g/mol. The average Bonchev–Trinajstić information content (AvgIpc) is 3.17. The summed E-state index contributed by atoms with van der Waals surface area (Å²) in [7, 11) is 0. The van der Waals surface area contributed by atoms with Crippen LogP contribution in [0.3, 0.4) is 0 Å². The maximum Gasteiger partial charge on any atom is 0.226 e. The van der Waals surface area contributed by atoms with Crippen LogP contribution in [0.25, 0.3) is 0 Å². The minimum atomic E-state index is -0.157. The first kappa shape index (κ1) is 13.5. The standard InChI is InChI=1S/C13H19N5OS/c1-2-10-17-11(18-19-10)13(5-3-4-6-13)16-8-9-7-15-12(14)20-9/h7,16H,2-6,8H2,1H3,(H2,14,15). The van der Waals surface area contributed by atoms with Crippen LogP contribution in [0.2, 0.25) is 0 Å². The highest BCUT2D eigenvalue weighted by Gasteiger charge is 2.39. The number of nitrogens with zero attached hydrogens (tertiary/aromatic N) is 3. The first-order valence-electron chi connectivity index (χ1n) is 7.00. The molecule has 20 heavy (non-hydrogen) atoms. The van der Waals surface area contributed by atoms with Crippen LogP contribution in [0.15, 0.2) is 10.7 Å². The highest BCUT2D eigenvalue weighted by atomic mass is 32.1. The van der Waals surface area contributed by atoms with Gasteiger partial charge in [-0.15, -0.1) is 11.3 Å². The fourth-order valence-electron chi connectivity index (χ4n) is 2.71. The summed E-state index contributed by atoms with van der Waals surface area (Å²) in [6.45, 7) is 2.76. The third kappa shape index (κ3) is 2.55. The molecule has 1 aliphatic rings. The molecule has 0 spiro atoms. The quantitative estimate of drug-likeness (QED) is 0.878. The first-order valence-corrected chi connectivity index (χ1v) is 7.82. The Labute approximate surface area is 121 Å². The second-order valence-electron chi connectivity index (χ2n) is 5.17. The van der Waals surface area contributed by atoms with Crippen molar-refractivity contribution >= 4 is 16.5 Å². The van der Waals surface area contributed by atoms with Crippen molar-refractivity contribution in [2.24, 2.45) is 0 Å². The Balaban J connectivity index is 1.77. The summed E-state index contributed by atoms with van der Waals surface area (Å²) in [5.74, 6) is 1.50. The Morgan fingerprint density at radius 2 is 2.25 bits per heavy atom. The third-order valence-corrected chi connectivity index (χ3v) is 4.65. The van der Waals surface area contributed by atoms with Crippen molar-refractivity contribution in [2.75, 3.05) is 5.73 Å². The average molecular weight is 293 g/mol. The van der Waals surface area contributed by atoms with Crippen molar-refractivity contribution in [3.8, 4) is 0 Å². The highest BCUT2D eigenvalue weighted by Crippen LogP contribution is 2.37. The molecule has 2 aromatic heterocycles. The van der Waals surface area contributed by atoms with E-state index in [1.807, 2.05) is 13.1 Å². The van der Waals surface area contributed by atoms with Gasteiger partial charge in [0.05, 0.1) is 5.54 Å². The van der Waals surface area contributed by atoms with Gasteiger partial charge < -0.3 is 10.3 Å². The summed E-state index contributed by atoms with van der Waals surface area (Å²) >= 11 is 1.51. The van der Waals surface area contributed by atoms with Gasteiger partial charge in [-0.05, 0) is 12.8 Å². The van der Waals surface area contributed by atoms with E-state index in [4.69, 9.17) is 10.3 Å². The maximum absolute atomic E-state index is 5.67. The Bertz CT molecular complexity index is 573. The van der Waals surface area contributed by atoms with E-state index >= 15 is 0 Å². The number of thiazole rings is 1. The lowest BCUT2D eigenvalue weighted by Gasteiger charge is -2.26. The van der Waals surface area contributed by atoms with E-state index in [2.05, 4.69) is 20.4 Å². The SMILES string of the molecule is CCc1nc(C2(NCc3cnc(N)s3)CCCC2)no1. The van der Waals surface area contributed by atoms with E-state index in [0.29, 0.717) is 11.0 Å². The van der Waals surface area contributed by atoms with E-state index in [0.717, 1.165) is 36.5 Å². The normalized spacial score (nSPS) is 17.6. The smallest absolute Gasteiger partial charge is 0.226 e. The number of nitrogen functional groups attached to an aromatic ring is 1. The molecule has 0 radical (unpaired) electrons. The molecule has 0 saturated heterocycles. The summed E-state index contributed by atoms with van der Waals surface area (Å²) in [5, 5.41) is 8.39. The van der Waals surface area contributed by atoms with Crippen LogP contribution in [-0.4, -0.2) is 15.1 Å². The number of anilines is 1. The van der Waals surface area contributed by atoms with Gasteiger partial charge in [-0.2, -0.15) is 4.98 Å². The van der Waals surface area contributed by atoms with E-state index in [9.17, 15) is 0 Å². The Kier molecular flexibility index (Phi) is 3.71. The predicted octanol–water partition coefficient (Wildman–Crippen LogP) is 2.23. The summed E-state index contributed by atoms with van der Waals surface area (Å²) < 4.78 is 5.28. The molecule has 6 nitrogen and oxygen atoms in total. The van der Waals surface area contributed by atoms with Crippen molar-refractivity contribution in [3.05, 3.63) is 22.8 Å². The van der Waals surface area contributed by atoms with Crippen LogP contribution in [0.4, 0.5) is 5.13 Å². The van der Waals surface area contributed by atoms with Gasteiger partial charge in [0.2, 0.25) is 5.89 Å². The lowest BCUT2D eigenvalue weighted by Crippen LogP contribution is -2.40. The van der Waals surface area contributed by atoms with Crippen molar-refractivity contribution in [3.63, 3.8) is 0 Å². The van der Waals surface area contributed by atoms with Gasteiger partial charge in [0.1, 0.15) is 0 Å². The van der Waals surface area contributed by atoms with Crippen LogP contribution in [0.5, 0.6) is 0 Å². The Hall–Kier alpha value is -1.47. The summed E-state index contributed by atoms with van der Waals surface area (Å²) in [4.78, 5) is 9.74. The molecule has 0 amide bonds. The molecule has 3 rings (SSSR count). The molecule has 7 heteroatoms. The number of nitrogens with two attached hydrogens (primary N) is 1. The second kappa shape index (κ2) is 5.49. The molecule has 1 aliphatic carbocycles. The van der Waals surface area contributed by atoms with Crippen LogP contribution in [-0.2, 0) is 18.5 Å². The molecular weight excluding hydrogens is 274 g/mol. The van der Waals surface area contributed by atoms with Crippen molar-refractivity contribution < 1.29 is 4.52 Å². The molecule has 0 aliphatic heterocycles. The lowest BCUT2D eigenvalue weighted by atomic mass is 9.96. The summed E-state index contributed by atoms with van der Waals surface area (Å²) in [5.41, 5.74) is 5.51. The molecule has 0 unspecified atom stereocenters. The van der Waals surface area contributed by atoms with Gasteiger partial charge in [-0.1, -0.05) is 24.9 Å². The van der Waals surface area contributed by atoms with Crippen LogP contribution in [0.1, 0.15) is 49.2 Å². The molecule has 0 aromatic carbocycles. The van der Waals surface area contributed by atoms with E-state index in [-0.39, 0.29) is 5.54 Å². The zero-order valence-electron chi connectivity index (χ0n) is 11.6. The van der Waals surface area contributed by atoms with Crippen molar-refractivity contribution in [1.29, 1.82) is 0 Å². The third-order valence-electron chi connectivity index (χ3n) is 3.83. The largest absolute Gasteiger partial charge is 0.375 e. The zero-order chi connectivity index (χ0) is 14.0. The molecule has 108 valence electrons. The molecule has 2 heterocycles.